The summed E-state index contributed by atoms with van der Waals surface area (Å²) in [5.74, 6) is -0.970. The van der Waals surface area contributed by atoms with Gasteiger partial charge in [0.25, 0.3) is 11.1 Å². The Morgan fingerprint density at radius 2 is 1.94 bits per heavy atom. The zero-order chi connectivity index (χ0) is 24.8. The maximum Gasteiger partial charge on any atom is 0.323 e. The monoisotopic (exact) mass is 521 g/mol. The number of carbonyl (C=O) groups is 3. The van der Waals surface area contributed by atoms with Crippen LogP contribution in [-0.4, -0.2) is 40.3 Å². The molecule has 34 heavy (non-hydrogen) atoms. The Labute approximate surface area is 210 Å². The number of hydrogen-bond donors (Lipinski definition) is 1. The summed E-state index contributed by atoms with van der Waals surface area (Å²) in [7, 11) is 0. The Morgan fingerprint density at radius 3 is 2.59 bits per heavy atom. The first-order chi connectivity index (χ1) is 16.2. The normalized spacial score (nSPS) is 14.6. The molecule has 10 heteroatoms. The van der Waals surface area contributed by atoms with Gasteiger partial charge >= 0.3 is 5.97 Å². The van der Waals surface area contributed by atoms with Crippen molar-refractivity contribution in [3.63, 3.8) is 0 Å². The van der Waals surface area contributed by atoms with Crippen molar-refractivity contribution in [1.82, 2.24) is 4.90 Å². The van der Waals surface area contributed by atoms with Gasteiger partial charge in [-0.1, -0.05) is 35.3 Å². The topological polar surface area (TPSA) is 93.1 Å². The molecule has 7 nitrogen and oxygen atoms in total. The van der Waals surface area contributed by atoms with Crippen LogP contribution < -0.4 is 9.47 Å². The Hall–Kier alpha value is -2.94. The molecule has 2 aromatic rings. The molecule has 0 saturated carbocycles. The number of benzene rings is 2. The predicted molar refractivity (Wildman–Crippen MR) is 133 cm³/mol. The maximum absolute atomic E-state index is 12.5. The number of allylic oxidation sites excluding steroid dienone is 1. The standard InChI is InChI=1S/C24H21Cl2NO6S/c1-3-5-15-8-14(10-20-23(30)27(12-21(28)29)24(31)34-20)9-19(32-4-2)22(15)33-13-16-6-7-17(25)11-18(16)26/h3,6-11H,1,4-5,12-13H2,2H3,(H,28,29)/b20-10+. The van der Waals surface area contributed by atoms with Gasteiger partial charge in [-0.15, -0.1) is 6.58 Å². The van der Waals surface area contributed by atoms with E-state index in [0.717, 1.165) is 11.1 Å². The Balaban J connectivity index is 1.95. The van der Waals surface area contributed by atoms with Crippen molar-refractivity contribution in [1.29, 1.82) is 0 Å². The average Bonchev–Trinajstić information content (AvgIpc) is 3.02. The number of hydrogen-bond acceptors (Lipinski definition) is 6. The molecule has 0 bridgehead atoms. The van der Waals surface area contributed by atoms with Gasteiger partial charge in [0, 0.05) is 21.2 Å². The third-order valence-corrected chi connectivity index (χ3v) is 6.16. The van der Waals surface area contributed by atoms with Gasteiger partial charge in [0.05, 0.1) is 11.5 Å². The summed E-state index contributed by atoms with van der Waals surface area (Å²) in [6.45, 7) is 5.48. The Bertz CT molecular complexity index is 1180. The summed E-state index contributed by atoms with van der Waals surface area (Å²) in [4.78, 5) is 36.4. The van der Waals surface area contributed by atoms with Crippen LogP contribution in [0.1, 0.15) is 23.6 Å². The van der Waals surface area contributed by atoms with E-state index in [0.29, 0.717) is 56.8 Å². The number of carboxylic acid groups (broad SMARTS) is 1. The lowest BCUT2D eigenvalue weighted by Crippen LogP contribution is -2.33. The van der Waals surface area contributed by atoms with E-state index in [2.05, 4.69) is 6.58 Å². The van der Waals surface area contributed by atoms with Gasteiger partial charge in [0.1, 0.15) is 13.2 Å². The van der Waals surface area contributed by atoms with Crippen molar-refractivity contribution in [2.24, 2.45) is 0 Å². The van der Waals surface area contributed by atoms with Crippen molar-refractivity contribution in [3.05, 3.63) is 74.6 Å². The van der Waals surface area contributed by atoms with Crippen LogP contribution in [0.4, 0.5) is 4.79 Å². The fourth-order valence-electron chi connectivity index (χ4n) is 3.21. The minimum atomic E-state index is -1.27. The average molecular weight is 522 g/mol. The van der Waals surface area contributed by atoms with Crippen LogP contribution in [0.15, 0.2) is 47.9 Å². The van der Waals surface area contributed by atoms with Gasteiger partial charge in [0.15, 0.2) is 11.5 Å². The molecule has 1 N–H and O–H groups in total. The first-order valence-corrected chi connectivity index (χ1v) is 11.7. The molecule has 178 valence electrons. The van der Waals surface area contributed by atoms with Crippen molar-refractivity contribution in [2.75, 3.05) is 13.2 Å². The zero-order valence-electron chi connectivity index (χ0n) is 18.2. The van der Waals surface area contributed by atoms with Gasteiger partial charge in [-0.05, 0) is 61.0 Å². The van der Waals surface area contributed by atoms with Crippen LogP contribution in [0.2, 0.25) is 10.0 Å². The molecule has 1 saturated heterocycles. The number of halogens is 2. The molecule has 0 aliphatic carbocycles. The minimum Gasteiger partial charge on any atom is -0.490 e. The van der Waals surface area contributed by atoms with E-state index in [9.17, 15) is 14.4 Å². The number of amides is 2. The maximum atomic E-state index is 12.5. The molecule has 1 aliphatic rings. The molecule has 0 aromatic heterocycles. The fourth-order valence-corrected chi connectivity index (χ4v) is 4.51. The first-order valence-electron chi connectivity index (χ1n) is 10.2. The molecule has 2 aromatic carbocycles. The summed E-state index contributed by atoms with van der Waals surface area (Å²) < 4.78 is 11.9. The molecule has 0 spiro atoms. The molecule has 2 amide bonds. The molecule has 1 fully saturated rings. The number of rotatable bonds is 10. The van der Waals surface area contributed by atoms with Gasteiger partial charge in [-0.2, -0.15) is 0 Å². The second-order valence-corrected chi connectivity index (χ2v) is 8.96. The van der Waals surface area contributed by atoms with Gasteiger partial charge in [-0.25, -0.2) is 0 Å². The molecule has 1 heterocycles. The smallest absolute Gasteiger partial charge is 0.323 e. The third-order valence-electron chi connectivity index (χ3n) is 4.67. The fraction of sp³-hybridized carbons (Fsp3) is 0.208. The van der Waals surface area contributed by atoms with E-state index >= 15 is 0 Å². The lowest BCUT2D eigenvalue weighted by molar-refractivity contribution is -0.140. The van der Waals surface area contributed by atoms with E-state index in [4.69, 9.17) is 37.8 Å². The SMILES string of the molecule is C=CCc1cc(/C=C2/SC(=O)N(CC(=O)O)C2=O)cc(OCC)c1OCc1ccc(Cl)cc1Cl. The first kappa shape index (κ1) is 25.7. The van der Waals surface area contributed by atoms with Crippen LogP contribution in [-0.2, 0) is 22.6 Å². The highest BCUT2D eigenvalue weighted by Gasteiger charge is 2.36. The van der Waals surface area contributed by atoms with Crippen LogP contribution in [0, 0.1) is 0 Å². The number of nitrogens with zero attached hydrogens (tertiary/aromatic N) is 1. The number of aliphatic carboxylic acids is 1. The molecule has 3 rings (SSSR count). The number of carbonyl (C=O) groups excluding carboxylic acids is 2. The summed E-state index contributed by atoms with van der Waals surface area (Å²) in [6, 6.07) is 8.63. The van der Waals surface area contributed by atoms with Crippen LogP contribution in [0.3, 0.4) is 0 Å². The minimum absolute atomic E-state index is 0.125. The zero-order valence-corrected chi connectivity index (χ0v) is 20.5. The van der Waals surface area contributed by atoms with E-state index in [1.54, 1.807) is 36.4 Å². The summed E-state index contributed by atoms with van der Waals surface area (Å²) >= 11 is 12.9. The van der Waals surface area contributed by atoms with E-state index in [-0.39, 0.29) is 11.5 Å². The van der Waals surface area contributed by atoms with Gasteiger partial charge in [-0.3, -0.25) is 19.3 Å². The Morgan fingerprint density at radius 1 is 1.18 bits per heavy atom. The number of carboxylic acids is 1. The van der Waals surface area contributed by atoms with E-state index < -0.39 is 23.7 Å². The van der Waals surface area contributed by atoms with E-state index in [1.165, 1.54) is 6.08 Å². The third kappa shape index (κ3) is 6.14. The molecule has 0 radical (unpaired) electrons. The summed E-state index contributed by atoms with van der Waals surface area (Å²) in [5.41, 5.74) is 2.09. The quantitative estimate of drug-likeness (QED) is 0.311. The summed E-state index contributed by atoms with van der Waals surface area (Å²) in [5, 5.41) is 9.31. The molecule has 1 aliphatic heterocycles. The summed E-state index contributed by atoms with van der Waals surface area (Å²) in [6.07, 6.45) is 3.69. The molecule has 0 atom stereocenters. The lowest BCUT2D eigenvalue weighted by atomic mass is 10.0. The number of imide groups is 1. The second-order valence-electron chi connectivity index (χ2n) is 7.12. The Kier molecular flexibility index (Phi) is 8.66. The highest BCUT2D eigenvalue weighted by molar-refractivity contribution is 8.18. The van der Waals surface area contributed by atoms with Crippen molar-refractivity contribution < 1.29 is 29.0 Å². The van der Waals surface area contributed by atoms with Crippen molar-refractivity contribution >= 4 is 58.2 Å². The van der Waals surface area contributed by atoms with E-state index in [1.807, 2.05) is 6.92 Å². The van der Waals surface area contributed by atoms with Crippen molar-refractivity contribution in [2.45, 2.75) is 20.0 Å². The molecule has 0 unspecified atom stereocenters. The number of ether oxygens (including phenoxy) is 2. The van der Waals surface area contributed by atoms with Crippen LogP contribution in [0.25, 0.3) is 6.08 Å². The molecular formula is C24H21Cl2NO6S. The highest BCUT2D eigenvalue weighted by Crippen LogP contribution is 2.38. The highest BCUT2D eigenvalue weighted by atomic mass is 35.5. The number of thioether (sulfide) groups is 1. The molecular weight excluding hydrogens is 501 g/mol. The van der Waals surface area contributed by atoms with Gasteiger partial charge in [0.2, 0.25) is 0 Å². The van der Waals surface area contributed by atoms with Gasteiger partial charge < -0.3 is 14.6 Å². The van der Waals surface area contributed by atoms with Crippen LogP contribution in [0.5, 0.6) is 11.5 Å². The predicted octanol–water partition coefficient (Wildman–Crippen LogP) is 5.82. The van der Waals surface area contributed by atoms with Crippen molar-refractivity contribution in [3.8, 4) is 11.5 Å². The lowest BCUT2D eigenvalue weighted by Gasteiger charge is -2.17. The van der Waals surface area contributed by atoms with Crippen LogP contribution >= 0.6 is 35.0 Å². The second kappa shape index (κ2) is 11.5. The largest absolute Gasteiger partial charge is 0.490 e.